The fourth-order valence-corrected chi connectivity index (χ4v) is 3.62. The van der Waals surface area contributed by atoms with Gasteiger partial charge in [0.2, 0.25) is 11.8 Å². The Morgan fingerprint density at radius 2 is 2.17 bits per heavy atom. The first-order valence-electron chi connectivity index (χ1n) is 6.76. The molecule has 3 rings (SSSR count). The molecule has 3 N–H and O–H groups in total. The number of hydrogen-bond acceptors (Lipinski definition) is 5. The second-order valence-electron chi connectivity index (χ2n) is 5.33. The quantitative estimate of drug-likeness (QED) is 0.784. The monoisotopic (exact) mass is 373 g/mol. The molecule has 23 heavy (non-hydrogen) atoms. The SMILES string of the molecule is CC(=O)C1=C(C)OC(N)=C(C#N)[C@@]12C(=O)Nc1ccc(Br)cc12. The maximum Gasteiger partial charge on any atom is 0.245 e. The van der Waals surface area contributed by atoms with Crippen LogP contribution in [0.4, 0.5) is 5.69 Å². The van der Waals surface area contributed by atoms with Crippen molar-refractivity contribution >= 4 is 33.3 Å². The lowest BCUT2D eigenvalue weighted by Crippen LogP contribution is -2.44. The Balaban J connectivity index is 2.48. The average molecular weight is 374 g/mol. The Morgan fingerprint density at radius 3 is 2.78 bits per heavy atom. The molecule has 0 aromatic heterocycles. The molecule has 6 nitrogen and oxygen atoms in total. The van der Waals surface area contributed by atoms with Crippen LogP contribution in [-0.2, 0) is 19.7 Å². The molecule has 2 heterocycles. The summed E-state index contributed by atoms with van der Waals surface area (Å²) < 4.78 is 6.06. The minimum Gasteiger partial charge on any atom is -0.445 e. The van der Waals surface area contributed by atoms with E-state index in [1.807, 2.05) is 6.07 Å². The number of allylic oxidation sites excluding steroid dienone is 1. The van der Waals surface area contributed by atoms with Crippen molar-refractivity contribution in [1.82, 2.24) is 0 Å². The highest BCUT2D eigenvalue weighted by molar-refractivity contribution is 9.10. The van der Waals surface area contributed by atoms with E-state index in [1.54, 1.807) is 25.1 Å². The number of nitrogens with one attached hydrogen (secondary N) is 1. The van der Waals surface area contributed by atoms with Gasteiger partial charge in [-0.2, -0.15) is 5.26 Å². The lowest BCUT2D eigenvalue weighted by atomic mass is 9.67. The molecular weight excluding hydrogens is 362 g/mol. The Labute approximate surface area is 140 Å². The van der Waals surface area contributed by atoms with Crippen molar-refractivity contribution in [2.24, 2.45) is 5.73 Å². The third kappa shape index (κ3) is 1.85. The number of hydrogen-bond donors (Lipinski definition) is 2. The predicted octanol–water partition coefficient (Wildman–Crippen LogP) is 2.23. The lowest BCUT2D eigenvalue weighted by molar-refractivity contribution is -0.122. The first-order chi connectivity index (χ1) is 10.8. The highest BCUT2D eigenvalue weighted by Crippen LogP contribution is 2.52. The zero-order valence-electron chi connectivity index (χ0n) is 12.4. The molecule has 1 amide bonds. The summed E-state index contributed by atoms with van der Waals surface area (Å²) in [6.45, 7) is 2.90. The van der Waals surface area contributed by atoms with Crippen molar-refractivity contribution in [3.8, 4) is 6.07 Å². The number of rotatable bonds is 1. The maximum atomic E-state index is 12.9. The van der Waals surface area contributed by atoms with Crippen LogP contribution in [0.15, 0.2) is 45.5 Å². The summed E-state index contributed by atoms with van der Waals surface area (Å²) in [6.07, 6.45) is 0. The number of nitriles is 1. The van der Waals surface area contributed by atoms with Gasteiger partial charge in [-0.25, -0.2) is 0 Å². The summed E-state index contributed by atoms with van der Waals surface area (Å²) in [5.41, 5.74) is 5.35. The Bertz CT molecular complexity index is 879. The standard InChI is InChI=1S/C16H12BrN3O3/c1-7(21)13-8(2)23-14(19)11(6-18)16(13)10-5-9(17)3-4-12(10)20-15(16)22/h3-5H,19H2,1-2H3,(H,20,22)/t16-/m1/s1. The number of nitrogens with two attached hydrogens (primary N) is 1. The number of carbonyl (C=O) groups excluding carboxylic acids is 2. The number of amides is 1. The summed E-state index contributed by atoms with van der Waals surface area (Å²) in [5.74, 6) is -0.793. The molecule has 1 aromatic rings. The smallest absolute Gasteiger partial charge is 0.245 e. The molecule has 0 unspecified atom stereocenters. The molecule has 0 saturated carbocycles. The largest absolute Gasteiger partial charge is 0.445 e. The van der Waals surface area contributed by atoms with Crippen molar-refractivity contribution in [3.05, 3.63) is 51.0 Å². The van der Waals surface area contributed by atoms with Crippen LogP contribution in [0, 0.1) is 11.3 Å². The van der Waals surface area contributed by atoms with Gasteiger partial charge in [0.15, 0.2) is 5.78 Å². The third-order valence-corrected chi connectivity index (χ3v) is 4.54. The number of Topliss-reactive ketones (excluding diaryl/α,β-unsaturated/α-hetero) is 1. The molecule has 1 aromatic carbocycles. The number of carbonyl (C=O) groups is 2. The van der Waals surface area contributed by atoms with Gasteiger partial charge in [-0.15, -0.1) is 0 Å². The fourth-order valence-electron chi connectivity index (χ4n) is 3.26. The molecule has 0 radical (unpaired) electrons. The van der Waals surface area contributed by atoms with E-state index in [0.29, 0.717) is 11.3 Å². The van der Waals surface area contributed by atoms with Crippen LogP contribution in [0.25, 0.3) is 0 Å². The van der Waals surface area contributed by atoms with E-state index in [1.165, 1.54) is 6.92 Å². The van der Waals surface area contributed by atoms with E-state index in [9.17, 15) is 14.9 Å². The number of ether oxygens (including phenoxy) is 1. The van der Waals surface area contributed by atoms with Gasteiger partial charge in [-0.05, 0) is 32.0 Å². The Hall–Kier alpha value is -2.59. The molecule has 1 spiro atoms. The van der Waals surface area contributed by atoms with Gasteiger partial charge in [0.05, 0.1) is 5.57 Å². The first-order valence-corrected chi connectivity index (χ1v) is 7.55. The molecule has 2 aliphatic rings. The van der Waals surface area contributed by atoms with Gasteiger partial charge in [0, 0.05) is 15.7 Å². The molecule has 2 aliphatic heterocycles. The van der Waals surface area contributed by atoms with E-state index in [2.05, 4.69) is 21.2 Å². The van der Waals surface area contributed by atoms with Crippen LogP contribution >= 0.6 is 15.9 Å². The van der Waals surface area contributed by atoms with E-state index >= 15 is 0 Å². The second-order valence-corrected chi connectivity index (χ2v) is 6.25. The Morgan fingerprint density at radius 1 is 1.48 bits per heavy atom. The zero-order chi connectivity index (χ0) is 16.9. The van der Waals surface area contributed by atoms with E-state index in [0.717, 1.165) is 4.47 Å². The number of fused-ring (bicyclic) bond motifs is 2. The van der Waals surface area contributed by atoms with Crippen LogP contribution in [0.2, 0.25) is 0 Å². The van der Waals surface area contributed by atoms with Gasteiger partial charge >= 0.3 is 0 Å². The van der Waals surface area contributed by atoms with Crippen LogP contribution in [0.1, 0.15) is 19.4 Å². The van der Waals surface area contributed by atoms with Gasteiger partial charge in [-0.3, -0.25) is 9.59 Å². The summed E-state index contributed by atoms with van der Waals surface area (Å²) >= 11 is 3.36. The highest BCUT2D eigenvalue weighted by atomic mass is 79.9. The molecule has 0 fully saturated rings. The van der Waals surface area contributed by atoms with Crippen molar-refractivity contribution in [2.45, 2.75) is 19.3 Å². The highest BCUT2D eigenvalue weighted by Gasteiger charge is 2.58. The summed E-state index contributed by atoms with van der Waals surface area (Å²) in [6, 6.07) is 7.13. The van der Waals surface area contributed by atoms with Gasteiger partial charge < -0.3 is 15.8 Å². The molecule has 0 aliphatic carbocycles. The number of nitrogens with zero attached hydrogens (tertiary/aromatic N) is 1. The van der Waals surface area contributed by atoms with Crippen molar-refractivity contribution in [3.63, 3.8) is 0 Å². The lowest BCUT2D eigenvalue weighted by Gasteiger charge is -2.34. The maximum absolute atomic E-state index is 12.9. The normalized spacial score (nSPS) is 22.6. The van der Waals surface area contributed by atoms with E-state index < -0.39 is 11.3 Å². The second kappa shape index (κ2) is 4.96. The summed E-state index contributed by atoms with van der Waals surface area (Å²) in [7, 11) is 0. The van der Waals surface area contributed by atoms with Crippen molar-refractivity contribution in [1.29, 1.82) is 5.26 Å². The summed E-state index contributed by atoms with van der Waals surface area (Å²) in [5, 5.41) is 12.3. The molecular formula is C16H12BrN3O3. The fraction of sp³-hybridized carbons (Fsp3) is 0.188. The van der Waals surface area contributed by atoms with Gasteiger partial charge in [0.1, 0.15) is 22.8 Å². The predicted molar refractivity (Wildman–Crippen MR) is 85.7 cm³/mol. The molecule has 0 bridgehead atoms. The van der Waals surface area contributed by atoms with E-state index in [-0.39, 0.29) is 28.6 Å². The number of benzene rings is 1. The molecule has 116 valence electrons. The molecule has 7 heteroatoms. The topological polar surface area (TPSA) is 105 Å². The average Bonchev–Trinajstić information content (AvgIpc) is 2.72. The van der Waals surface area contributed by atoms with Crippen LogP contribution < -0.4 is 11.1 Å². The Kier molecular flexibility index (Phi) is 3.30. The van der Waals surface area contributed by atoms with Crippen LogP contribution in [0.5, 0.6) is 0 Å². The number of ketones is 1. The van der Waals surface area contributed by atoms with Gasteiger partial charge in [0.25, 0.3) is 0 Å². The van der Waals surface area contributed by atoms with Crippen molar-refractivity contribution < 1.29 is 14.3 Å². The zero-order valence-corrected chi connectivity index (χ0v) is 13.9. The minimum atomic E-state index is -1.58. The number of halogens is 1. The van der Waals surface area contributed by atoms with Crippen LogP contribution in [0.3, 0.4) is 0 Å². The minimum absolute atomic E-state index is 0.0809. The third-order valence-electron chi connectivity index (χ3n) is 4.05. The first kappa shape index (κ1) is 15.3. The van der Waals surface area contributed by atoms with E-state index in [4.69, 9.17) is 10.5 Å². The number of anilines is 1. The molecule has 0 saturated heterocycles. The van der Waals surface area contributed by atoms with Crippen molar-refractivity contribution in [2.75, 3.05) is 5.32 Å². The molecule has 1 atom stereocenters. The van der Waals surface area contributed by atoms with Gasteiger partial charge in [-0.1, -0.05) is 15.9 Å². The summed E-state index contributed by atoms with van der Waals surface area (Å²) in [4.78, 5) is 25.2. The van der Waals surface area contributed by atoms with Crippen LogP contribution in [-0.4, -0.2) is 11.7 Å².